The first-order valence-corrected chi connectivity index (χ1v) is 22.5. The topological polar surface area (TPSA) is 214 Å². The van der Waals surface area contributed by atoms with Gasteiger partial charge in [0.15, 0.2) is 11.9 Å². The molecule has 3 aromatic heterocycles. The normalized spacial score (nSPS) is 19.3. The number of alkyl carbamates (subject to hydrolysis) is 1. The molecule has 1 amide bonds. The van der Waals surface area contributed by atoms with Gasteiger partial charge in [0, 0.05) is 48.3 Å². The van der Waals surface area contributed by atoms with Gasteiger partial charge in [-0.1, -0.05) is 26.0 Å². The molecule has 5 N–H and O–H groups in total. The molecule has 66 heavy (non-hydrogen) atoms. The molecule has 1 spiro atoms. The summed E-state index contributed by atoms with van der Waals surface area (Å²) in [5.74, 6) is -1.25. The largest absolute Gasteiger partial charge is 0.508 e. The number of halogens is 1. The highest BCUT2D eigenvalue weighted by Gasteiger charge is 2.46. The number of aromatic nitrogens is 5. The maximum atomic E-state index is 15.3. The highest BCUT2D eigenvalue weighted by molar-refractivity contribution is 5.93. The van der Waals surface area contributed by atoms with Gasteiger partial charge in [0.1, 0.15) is 30.0 Å². The molecule has 3 aromatic carbocycles. The van der Waals surface area contributed by atoms with Crippen molar-refractivity contribution in [3.63, 3.8) is 0 Å². The van der Waals surface area contributed by atoms with Gasteiger partial charge >= 0.3 is 17.8 Å². The second-order valence-corrected chi connectivity index (χ2v) is 18.1. The monoisotopic (exact) mass is 899 g/mol. The molecule has 0 radical (unpaired) electrons. The van der Waals surface area contributed by atoms with Crippen molar-refractivity contribution in [1.29, 1.82) is 0 Å². The van der Waals surface area contributed by atoms with Crippen molar-refractivity contribution >= 4 is 23.0 Å². The number of nitrogens with one attached hydrogen (secondary N) is 2. The van der Waals surface area contributed by atoms with E-state index in [1.54, 1.807) is 26.0 Å². The minimum absolute atomic E-state index is 0.0553. The molecule has 11 rings (SSSR count). The van der Waals surface area contributed by atoms with Gasteiger partial charge in [-0.3, -0.25) is 9.69 Å². The van der Waals surface area contributed by atoms with Crippen molar-refractivity contribution in [2.24, 2.45) is 5.41 Å². The van der Waals surface area contributed by atoms with Gasteiger partial charge in [-0.15, -0.1) is 0 Å². The molecular formula is C49H50FN7O9. The van der Waals surface area contributed by atoms with E-state index in [0.29, 0.717) is 52.1 Å². The lowest BCUT2D eigenvalue weighted by atomic mass is 9.68. The van der Waals surface area contributed by atoms with Crippen LogP contribution in [0, 0.1) is 25.1 Å². The number of aromatic amines is 1. The van der Waals surface area contributed by atoms with Gasteiger partial charge < -0.3 is 34.7 Å². The van der Waals surface area contributed by atoms with Crippen LogP contribution in [0.2, 0.25) is 0 Å². The number of aromatic hydroxyl groups is 2. The van der Waals surface area contributed by atoms with E-state index in [9.17, 15) is 34.5 Å². The summed E-state index contributed by atoms with van der Waals surface area (Å²) >= 11 is 0. The number of aliphatic hydroxyl groups is 1. The average molecular weight is 900 g/mol. The van der Waals surface area contributed by atoms with Crippen LogP contribution in [0.4, 0.5) is 9.18 Å². The molecule has 2 aliphatic carbocycles. The summed E-state index contributed by atoms with van der Waals surface area (Å²) in [6.07, 6.45) is 1.89. The summed E-state index contributed by atoms with van der Waals surface area (Å²) in [6.45, 7) is 9.90. The fourth-order valence-electron chi connectivity index (χ4n) is 10.8. The molecule has 2 fully saturated rings. The van der Waals surface area contributed by atoms with Crippen LogP contribution in [-0.4, -0.2) is 75.8 Å². The van der Waals surface area contributed by atoms with Crippen molar-refractivity contribution < 1.29 is 38.8 Å². The van der Waals surface area contributed by atoms with E-state index in [-0.39, 0.29) is 53.1 Å². The minimum Gasteiger partial charge on any atom is -0.508 e. The van der Waals surface area contributed by atoms with E-state index >= 15 is 4.39 Å². The number of carbonyl (C=O) groups excluding carboxylic acids is 2. The summed E-state index contributed by atoms with van der Waals surface area (Å²) in [5, 5.41) is 41.6. The Kier molecular flexibility index (Phi) is 10.6. The third-order valence-electron chi connectivity index (χ3n) is 14.2. The van der Waals surface area contributed by atoms with Crippen LogP contribution in [0.25, 0.3) is 39.4 Å². The van der Waals surface area contributed by atoms with Gasteiger partial charge in [0.2, 0.25) is 0 Å². The Morgan fingerprint density at radius 1 is 0.985 bits per heavy atom. The number of ether oxygens (including phenoxy) is 2. The molecule has 1 saturated heterocycles. The molecule has 2 atom stereocenters. The Labute approximate surface area is 377 Å². The summed E-state index contributed by atoms with van der Waals surface area (Å²) < 4.78 is 29.4. The first-order valence-electron chi connectivity index (χ1n) is 22.5. The van der Waals surface area contributed by atoms with Gasteiger partial charge in [-0.2, -0.15) is 5.10 Å². The fourth-order valence-corrected chi connectivity index (χ4v) is 10.8. The smallest absolute Gasteiger partial charge is 0.407 e. The molecule has 342 valence electrons. The number of amides is 1. The predicted molar refractivity (Wildman–Crippen MR) is 240 cm³/mol. The van der Waals surface area contributed by atoms with Crippen LogP contribution < -0.4 is 16.6 Å². The minimum atomic E-state index is -1.61. The number of hydrogen-bond donors (Lipinski definition) is 5. The van der Waals surface area contributed by atoms with Crippen LogP contribution in [0.5, 0.6) is 11.5 Å². The maximum Gasteiger partial charge on any atom is 0.407 e. The molecule has 16 nitrogen and oxygen atoms in total. The number of esters is 1. The van der Waals surface area contributed by atoms with Crippen molar-refractivity contribution in [3.05, 3.63) is 120 Å². The van der Waals surface area contributed by atoms with Crippen molar-refractivity contribution in [3.8, 4) is 40.0 Å². The molecule has 6 aromatic rings. The molecule has 17 heteroatoms. The van der Waals surface area contributed by atoms with Gasteiger partial charge in [-0.05, 0) is 110 Å². The predicted octanol–water partition coefficient (Wildman–Crippen LogP) is 6.41. The highest BCUT2D eigenvalue weighted by Crippen LogP contribution is 2.47. The van der Waals surface area contributed by atoms with E-state index in [0.717, 1.165) is 73.0 Å². The zero-order valence-corrected chi connectivity index (χ0v) is 37.0. The van der Waals surface area contributed by atoms with Crippen LogP contribution in [0.1, 0.15) is 103 Å². The van der Waals surface area contributed by atoms with E-state index < -0.39 is 41.3 Å². The third kappa shape index (κ3) is 7.03. The number of aryl methyl sites for hydroxylation is 2. The van der Waals surface area contributed by atoms with Crippen LogP contribution in [0.3, 0.4) is 0 Å². The number of aliphatic hydroxyl groups excluding tert-OH is 1. The lowest BCUT2D eigenvalue weighted by molar-refractivity contribution is -0.157. The van der Waals surface area contributed by atoms with Crippen molar-refractivity contribution in [2.75, 3.05) is 13.1 Å². The average Bonchev–Trinajstić information content (AvgIpc) is 3.87. The molecule has 1 saturated carbocycles. The first kappa shape index (κ1) is 43.1. The Balaban J connectivity index is 0.00000252. The van der Waals surface area contributed by atoms with Crippen LogP contribution in [-0.2, 0) is 40.4 Å². The van der Waals surface area contributed by atoms with Crippen LogP contribution >= 0.6 is 0 Å². The molecule has 2 unspecified atom stereocenters. The Morgan fingerprint density at radius 3 is 2.47 bits per heavy atom. The summed E-state index contributed by atoms with van der Waals surface area (Å²) in [6, 6.07) is 12.9. The number of hydrogen-bond acceptors (Lipinski definition) is 12. The molecular weight excluding hydrogens is 850 g/mol. The second-order valence-electron chi connectivity index (χ2n) is 18.1. The lowest BCUT2D eigenvalue weighted by Gasteiger charge is -2.53. The second kappa shape index (κ2) is 16.2. The summed E-state index contributed by atoms with van der Waals surface area (Å²) in [7, 11) is 0. The van der Waals surface area contributed by atoms with E-state index in [1.807, 2.05) is 38.1 Å². The standard InChI is InChI=1S/C47H44FN7O9.C2H6/c1-22-13-29(37(57)16-36(22)56)42-51-52-45(61)55(42)25-5-3-24(4-6-25)17-53-20-47(21-53)11-9-26(10-12-47)64-46(62)50-33-8-7-27-23(2)32(48)15-34-38(27)39(33)30-18-54-35(40(30)49-34)14-28-31(43(54)59)19-63-44(60)41(28)58;1-2/h3-6,13-16,26,33,41,56-58H,7-12,17-21H2,1-2H3,(H,50,62)(H,52,61);1-2H3. The lowest BCUT2D eigenvalue weighted by Crippen LogP contribution is -2.57. The number of phenols is 2. The number of cyclic esters (lactones) is 1. The Hall–Kier alpha value is -6.85. The summed E-state index contributed by atoms with van der Waals surface area (Å²) in [4.78, 5) is 59.7. The number of benzene rings is 3. The molecule has 5 aliphatic rings. The number of fused-ring (bicyclic) bond motifs is 5. The third-order valence-corrected chi connectivity index (χ3v) is 14.2. The summed E-state index contributed by atoms with van der Waals surface area (Å²) in [5.41, 5.74) is 6.25. The molecule has 6 heterocycles. The molecule has 0 bridgehead atoms. The van der Waals surface area contributed by atoms with E-state index in [4.69, 9.17) is 14.5 Å². The van der Waals surface area contributed by atoms with Gasteiger partial charge in [0.05, 0.1) is 46.3 Å². The zero-order valence-electron chi connectivity index (χ0n) is 37.0. The highest BCUT2D eigenvalue weighted by atomic mass is 19.1. The fraction of sp³-hybridized carbons (Fsp3) is 0.388. The van der Waals surface area contributed by atoms with E-state index in [2.05, 4.69) is 20.4 Å². The number of rotatable bonds is 6. The van der Waals surface area contributed by atoms with Crippen molar-refractivity contribution in [1.82, 2.24) is 34.5 Å². The Morgan fingerprint density at radius 2 is 1.73 bits per heavy atom. The number of pyridine rings is 2. The van der Waals surface area contributed by atoms with Crippen molar-refractivity contribution in [2.45, 2.75) is 104 Å². The maximum absolute atomic E-state index is 15.3. The van der Waals surface area contributed by atoms with Gasteiger partial charge in [-0.25, -0.2) is 33.4 Å². The zero-order chi connectivity index (χ0) is 46.3. The van der Waals surface area contributed by atoms with E-state index in [1.165, 1.54) is 21.3 Å². The Bertz CT molecular complexity index is 3110. The first-order chi connectivity index (χ1) is 31.8. The quantitative estimate of drug-likeness (QED) is 0.115. The van der Waals surface area contributed by atoms with Gasteiger partial charge in [0.25, 0.3) is 5.56 Å². The number of carbonyl (C=O) groups is 2. The number of likely N-dealkylation sites (tertiary alicyclic amines) is 1. The molecule has 3 aliphatic heterocycles. The SMILES string of the molecule is CC.Cc1cc(-c2n[nH]c(=O)n2-c2ccc(CN3CC4(CCC(OC(=O)NC5CCc6c(C)c(F)cc7nc8c(c5c67)Cn5c-8cc6c(c5=O)COC(=O)C6O)CC4)C3)cc2)c(O)cc1O. The number of H-pyrrole nitrogens is 1. The number of phenolic OH excluding ortho intramolecular Hbond substituents is 2. The number of nitrogens with zero attached hydrogens (tertiary/aromatic N) is 5. The van der Waals surface area contributed by atoms with Crippen LogP contribution in [0.15, 0.2) is 58.1 Å².